The molecule has 0 unspecified atom stereocenters. The smallest absolute Gasteiger partial charge is 0.180 e. The van der Waals surface area contributed by atoms with Gasteiger partial charge < -0.3 is 9.14 Å². The number of aryl methyl sites for hydroxylation is 4. The van der Waals surface area contributed by atoms with Gasteiger partial charge in [-0.3, -0.25) is 0 Å². The van der Waals surface area contributed by atoms with Crippen molar-refractivity contribution >= 4 is 5.65 Å². The summed E-state index contributed by atoms with van der Waals surface area (Å²) in [6.45, 7) is 8.98. The van der Waals surface area contributed by atoms with Gasteiger partial charge in [-0.25, -0.2) is 4.98 Å². The van der Waals surface area contributed by atoms with Gasteiger partial charge in [0.15, 0.2) is 11.4 Å². The predicted octanol–water partition coefficient (Wildman–Crippen LogP) is 4.40. The van der Waals surface area contributed by atoms with E-state index in [0.29, 0.717) is 6.61 Å². The summed E-state index contributed by atoms with van der Waals surface area (Å²) in [4.78, 5) is 4.62. The number of hydrogen-bond donors (Lipinski definition) is 0. The third kappa shape index (κ3) is 2.59. The molecule has 22 heavy (non-hydrogen) atoms. The first-order chi connectivity index (χ1) is 10.6. The highest BCUT2D eigenvalue weighted by atomic mass is 16.5. The maximum atomic E-state index is 6.09. The molecule has 0 spiro atoms. The summed E-state index contributed by atoms with van der Waals surface area (Å²) >= 11 is 0. The maximum Gasteiger partial charge on any atom is 0.180 e. The van der Waals surface area contributed by atoms with Gasteiger partial charge in [0.1, 0.15) is 6.61 Å². The quantitative estimate of drug-likeness (QED) is 0.713. The molecule has 3 rings (SSSR count). The van der Waals surface area contributed by atoms with Crippen LogP contribution in [0.5, 0.6) is 5.75 Å². The molecule has 114 valence electrons. The normalized spacial score (nSPS) is 11.1. The van der Waals surface area contributed by atoms with Crippen LogP contribution in [0.2, 0.25) is 0 Å². The van der Waals surface area contributed by atoms with Crippen LogP contribution in [0.1, 0.15) is 35.0 Å². The Bertz CT molecular complexity index is 818. The van der Waals surface area contributed by atoms with Crippen molar-refractivity contribution in [2.75, 3.05) is 0 Å². The minimum absolute atomic E-state index is 0.579. The second-order valence-corrected chi connectivity index (χ2v) is 5.76. The van der Waals surface area contributed by atoms with Crippen LogP contribution in [0.3, 0.4) is 0 Å². The third-order valence-corrected chi connectivity index (χ3v) is 4.22. The minimum Gasteiger partial charge on any atom is -0.485 e. The van der Waals surface area contributed by atoms with Crippen LogP contribution in [0.25, 0.3) is 5.65 Å². The number of fused-ring (bicyclic) bond motifs is 1. The summed E-state index contributed by atoms with van der Waals surface area (Å²) < 4.78 is 8.17. The molecule has 0 saturated carbocycles. The van der Waals surface area contributed by atoms with E-state index >= 15 is 0 Å². The van der Waals surface area contributed by atoms with Crippen LogP contribution in [-0.2, 0) is 13.0 Å². The summed E-state index contributed by atoms with van der Waals surface area (Å²) in [6.07, 6.45) is 3.05. The number of benzene rings is 1. The van der Waals surface area contributed by atoms with Gasteiger partial charge >= 0.3 is 0 Å². The lowest BCUT2D eigenvalue weighted by Crippen LogP contribution is -2.01. The third-order valence-electron chi connectivity index (χ3n) is 4.22. The van der Waals surface area contributed by atoms with Crippen molar-refractivity contribution in [2.24, 2.45) is 0 Å². The van der Waals surface area contributed by atoms with Crippen molar-refractivity contribution in [1.29, 1.82) is 0 Å². The Morgan fingerprint density at radius 1 is 1.09 bits per heavy atom. The average Bonchev–Trinajstić information content (AvgIpc) is 2.81. The Balaban J connectivity index is 1.92. The number of nitrogens with zero attached hydrogens (tertiary/aromatic N) is 2. The standard InChI is InChI=1S/C19H22N2O/c1-5-16-9-8-13(2)11-17(16)12-22-18-7-6-10-21-15(4)14(3)20-19(18)21/h6-11H,5,12H2,1-4H3. The zero-order valence-corrected chi connectivity index (χ0v) is 13.7. The van der Waals surface area contributed by atoms with E-state index in [9.17, 15) is 0 Å². The van der Waals surface area contributed by atoms with Gasteiger partial charge in [0.2, 0.25) is 0 Å². The predicted molar refractivity (Wildman–Crippen MR) is 89.6 cm³/mol. The highest BCUT2D eigenvalue weighted by molar-refractivity contribution is 5.56. The number of hydrogen-bond acceptors (Lipinski definition) is 2. The number of aromatic nitrogens is 2. The van der Waals surface area contributed by atoms with E-state index in [1.165, 1.54) is 16.7 Å². The van der Waals surface area contributed by atoms with Gasteiger partial charge in [-0.2, -0.15) is 0 Å². The lowest BCUT2D eigenvalue weighted by atomic mass is 10.0. The number of pyridine rings is 1. The van der Waals surface area contributed by atoms with Crippen LogP contribution in [0, 0.1) is 20.8 Å². The molecular formula is C19H22N2O. The van der Waals surface area contributed by atoms with Crippen molar-refractivity contribution < 1.29 is 4.74 Å². The molecule has 3 aromatic rings. The van der Waals surface area contributed by atoms with E-state index in [1.807, 2.05) is 25.3 Å². The Morgan fingerprint density at radius 3 is 2.68 bits per heavy atom. The monoisotopic (exact) mass is 294 g/mol. The molecule has 3 heteroatoms. The molecule has 0 radical (unpaired) electrons. The molecule has 0 aliphatic rings. The first-order valence-corrected chi connectivity index (χ1v) is 7.75. The molecule has 0 atom stereocenters. The molecule has 0 aliphatic carbocycles. The van der Waals surface area contributed by atoms with Gasteiger partial charge in [-0.15, -0.1) is 0 Å². The van der Waals surface area contributed by atoms with Crippen LogP contribution in [0.15, 0.2) is 36.5 Å². The Hall–Kier alpha value is -2.29. The highest BCUT2D eigenvalue weighted by Crippen LogP contribution is 2.23. The first kappa shape index (κ1) is 14.6. The summed E-state index contributed by atoms with van der Waals surface area (Å²) in [5.74, 6) is 0.835. The highest BCUT2D eigenvalue weighted by Gasteiger charge is 2.10. The minimum atomic E-state index is 0.579. The lowest BCUT2D eigenvalue weighted by molar-refractivity contribution is 0.307. The fourth-order valence-corrected chi connectivity index (χ4v) is 2.78. The number of rotatable bonds is 4. The molecule has 1 aromatic carbocycles. The van der Waals surface area contributed by atoms with Crippen molar-refractivity contribution in [3.8, 4) is 5.75 Å². The summed E-state index contributed by atoms with van der Waals surface area (Å²) in [6, 6.07) is 10.6. The summed E-state index contributed by atoms with van der Waals surface area (Å²) in [7, 11) is 0. The zero-order chi connectivity index (χ0) is 15.7. The van der Waals surface area contributed by atoms with E-state index in [2.05, 4.69) is 48.4 Å². The van der Waals surface area contributed by atoms with Gasteiger partial charge in [-0.1, -0.05) is 30.7 Å². The van der Waals surface area contributed by atoms with Gasteiger partial charge in [0, 0.05) is 11.9 Å². The van der Waals surface area contributed by atoms with Crippen molar-refractivity contribution in [1.82, 2.24) is 9.38 Å². The molecule has 0 aliphatic heterocycles. The van der Waals surface area contributed by atoms with Gasteiger partial charge in [0.25, 0.3) is 0 Å². The van der Waals surface area contributed by atoms with Gasteiger partial charge in [0.05, 0.1) is 5.69 Å². The Kier molecular flexibility index (Phi) is 3.88. The molecule has 2 aromatic heterocycles. The molecule has 0 bridgehead atoms. The van der Waals surface area contributed by atoms with E-state index in [-0.39, 0.29) is 0 Å². The van der Waals surface area contributed by atoms with Crippen molar-refractivity contribution in [3.63, 3.8) is 0 Å². The molecule has 0 amide bonds. The number of imidazole rings is 1. The van der Waals surface area contributed by atoms with Gasteiger partial charge in [-0.05, 0) is 50.5 Å². The fourth-order valence-electron chi connectivity index (χ4n) is 2.78. The molecule has 0 saturated heterocycles. The average molecular weight is 294 g/mol. The van der Waals surface area contributed by atoms with E-state index in [4.69, 9.17) is 4.74 Å². The number of ether oxygens (including phenoxy) is 1. The van der Waals surface area contributed by atoms with Crippen LogP contribution in [0.4, 0.5) is 0 Å². The topological polar surface area (TPSA) is 26.5 Å². The SMILES string of the molecule is CCc1ccc(C)cc1COc1cccn2c(C)c(C)nc12. The molecule has 3 nitrogen and oxygen atoms in total. The van der Waals surface area contributed by atoms with Crippen LogP contribution < -0.4 is 4.74 Å². The van der Waals surface area contributed by atoms with E-state index < -0.39 is 0 Å². The largest absolute Gasteiger partial charge is 0.485 e. The molecular weight excluding hydrogens is 272 g/mol. The van der Waals surface area contributed by atoms with E-state index in [0.717, 1.165) is 29.2 Å². The zero-order valence-electron chi connectivity index (χ0n) is 13.7. The Labute approximate surface area is 131 Å². The second kappa shape index (κ2) is 5.84. The Morgan fingerprint density at radius 2 is 1.91 bits per heavy atom. The van der Waals surface area contributed by atoms with E-state index in [1.54, 1.807) is 0 Å². The fraction of sp³-hybridized carbons (Fsp3) is 0.316. The summed E-state index contributed by atoms with van der Waals surface area (Å²) in [5, 5.41) is 0. The molecule has 0 fully saturated rings. The summed E-state index contributed by atoms with van der Waals surface area (Å²) in [5.41, 5.74) is 6.95. The second-order valence-electron chi connectivity index (χ2n) is 5.76. The first-order valence-electron chi connectivity index (χ1n) is 7.75. The molecule has 2 heterocycles. The van der Waals surface area contributed by atoms with Crippen molar-refractivity contribution in [2.45, 2.75) is 40.7 Å². The van der Waals surface area contributed by atoms with Crippen LogP contribution >= 0.6 is 0 Å². The lowest BCUT2D eigenvalue weighted by Gasteiger charge is -2.11. The van der Waals surface area contributed by atoms with Crippen molar-refractivity contribution in [3.05, 3.63) is 64.6 Å². The maximum absolute atomic E-state index is 6.09. The van der Waals surface area contributed by atoms with Crippen LogP contribution in [-0.4, -0.2) is 9.38 Å². The molecule has 0 N–H and O–H groups in total.